The minimum atomic E-state index is -0.604. The summed E-state index contributed by atoms with van der Waals surface area (Å²) in [4.78, 5) is 22.3. The molecule has 0 amide bonds. The van der Waals surface area contributed by atoms with E-state index in [2.05, 4.69) is 0 Å². The molecule has 5 nitrogen and oxygen atoms in total. The Morgan fingerprint density at radius 2 is 2.07 bits per heavy atom. The van der Waals surface area contributed by atoms with E-state index in [1.165, 1.54) is 12.1 Å². The van der Waals surface area contributed by atoms with Crippen LogP contribution in [0.2, 0.25) is 5.02 Å². The fraction of sp³-hybridized carbons (Fsp3) is 0.222. The molecule has 80 valence electrons. The molecule has 0 saturated heterocycles. The van der Waals surface area contributed by atoms with Crippen molar-refractivity contribution in [3.8, 4) is 0 Å². The van der Waals surface area contributed by atoms with Crippen molar-refractivity contribution in [2.24, 2.45) is 0 Å². The molecule has 0 heterocycles. The fourth-order valence-electron chi connectivity index (χ4n) is 1.16. The maximum absolute atomic E-state index is 10.7. The van der Waals surface area contributed by atoms with Crippen LogP contribution in [0.1, 0.15) is 10.4 Å². The van der Waals surface area contributed by atoms with Crippen LogP contribution in [0.25, 0.3) is 0 Å². The summed E-state index contributed by atoms with van der Waals surface area (Å²) in [5.74, 6) is 0. The van der Waals surface area contributed by atoms with E-state index in [-0.39, 0.29) is 11.3 Å². The second-order valence-electron chi connectivity index (χ2n) is 3.13. The average molecular weight is 229 g/mol. The van der Waals surface area contributed by atoms with Crippen molar-refractivity contribution >= 4 is 29.3 Å². The minimum absolute atomic E-state index is 0.0180. The number of nitro groups is 1. The summed E-state index contributed by atoms with van der Waals surface area (Å²) in [5, 5.41) is 11.0. The smallest absolute Gasteiger partial charge is 0.282 e. The maximum Gasteiger partial charge on any atom is 0.282 e. The quantitative estimate of drug-likeness (QED) is 0.452. The highest BCUT2D eigenvalue weighted by Crippen LogP contribution is 2.31. The van der Waals surface area contributed by atoms with E-state index >= 15 is 0 Å². The van der Waals surface area contributed by atoms with Crippen LogP contribution >= 0.6 is 11.6 Å². The number of nitro benzene ring substituents is 1. The van der Waals surface area contributed by atoms with E-state index < -0.39 is 4.92 Å². The van der Waals surface area contributed by atoms with Crippen molar-refractivity contribution in [2.75, 3.05) is 19.0 Å². The fourth-order valence-corrected chi connectivity index (χ4v) is 1.50. The van der Waals surface area contributed by atoms with Crippen molar-refractivity contribution in [3.63, 3.8) is 0 Å². The monoisotopic (exact) mass is 228 g/mol. The molecule has 1 aromatic rings. The van der Waals surface area contributed by atoms with Crippen LogP contribution in [0.3, 0.4) is 0 Å². The minimum Gasteiger partial charge on any atom is -0.376 e. The van der Waals surface area contributed by atoms with Gasteiger partial charge in [0.15, 0.2) is 6.29 Å². The zero-order valence-electron chi connectivity index (χ0n) is 8.23. The molecule has 0 aliphatic carbocycles. The van der Waals surface area contributed by atoms with Gasteiger partial charge in [0, 0.05) is 20.2 Å². The Morgan fingerprint density at radius 3 is 2.47 bits per heavy atom. The number of nitrogens with zero attached hydrogens (tertiary/aromatic N) is 2. The Kier molecular flexibility index (Phi) is 3.26. The van der Waals surface area contributed by atoms with E-state index in [9.17, 15) is 14.9 Å². The zero-order chi connectivity index (χ0) is 11.6. The lowest BCUT2D eigenvalue weighted by molar-refractivity contribution is -0.385. The predicted molar refractivity (Wildman–Crippen MR) is 57.8 cm³/mol. The molecule has 1 aromatic carbocycles. The first-order valence-corrected chi connectivity index (χ1v) is 4.45. The highest BCUT2D eigenvalue weighted by molar-refractivity contribution is 6.33. The zero-order valence-corrected chi connectivity index (χ0v) is 8.99. The molecule has 15 heavy (non-hydrogen) atoms. The molecule has 0 aliphatic rings. The van der Waals surface area contributed by atoms with Crippen molar-refractivity contribution in [2.45, 2.75) is 0 Å². The van der Waals surface area contributed by atoms with Crippen LogP contribution in [0.4, 0.5) is 11.4 Å². The van der Waals surface area contributed by atoms with Crippen LogP contribution in [0.15, 0.2) is 12.1 Å². The van der Waals surface area contributed by atoms with Crippen molar-refractivity contribution < 1.29 is 9.72 Å². The largest absolute Gasteiger partial charge is 0.376 e. The third-order valence-corrected chi connectivity index (χ3v) is 2.20. The lowest BCUT2D eigenvalue weighted by Crippen LogP contribution is -2.10. The first-order chi connectivity index (χ1) is 6.97. The van der Waals surface area contributed by atoms with Gasteiger partial charge in [-0.25, -0.2) is 0 Å². The van der Waals surface area contributed by atoms with Gasteiger partial charge in [-0.15, -0.1) is 0 Å². The van der Waals surface area contributed by atoms with Crippen LogP contribution in [-0.2, 0) is 0 Å². The first kappa shape index (κ1) is 11.5. The Balaban J connectivity index is 3.43. The Labute approximate surface area is 91.4 Å². The van der Waals surface area contributed by atoms with Crippen LogP contribution < -0.4 is 4.90 Å². The van der Waals surface area contributed by atoms with Gasteiger partial charge in [0.2, 0.25) is 0 Å². The van der Waals surface area contributed by atoms with Gasteiger partial charge in [-0.05, 0) is 6.07 Å². The number of anilines is 1. The number of halogens is 1. The first-order valence-electron chi connectivity index (χ1n) is 4.07. The average Bonchev–Trinajstić information content (AvgIpc) is 2.16. The standard InChI is InChI=1S/C9H9ClN2O3/c1-11(2)9-4-8(12(14)15)6(5-13)3-7(9)10/h3-5H,1-2H3. The molecule has 0 radical (unpaired) electrons. The molecule has 6 heteroatoms. The topological polar surface area (TPSA) is 63.4 Å². The van der Waals surface area contributed by atoms with Gasteiger partial charge in [-0.3, -0.25) is 14.9 Å². The predicted octanol–water partition coefficient (Wildman–Crippen LogP) is 2.13. The van der Waals surface area contributed by atoms with Gasteiger partial charge < -0.3 is 4.90 Å². The summed E-state index contributed by atoms with van der Waals surface area (Å²) in [6, 6.07) is 2.58. The van der Waals surface area contributed by atoms with Crippen molar-refractivity contribution in [1.82, 2.24) is 0 Å². The van der Waals surface area contributed by atoms with Gasteiger partial charge in [-0.2, -0.15) is 0 Å². The van der Waals surface area contributed by atoms with Crippen molar-refractivity contribution in [3.05, 3.63) is 32.8 Å². The van der Waals surface area contributed by atoms with Gasteiger partial charge in [0.1, 0.15) is 0 Å². The summed E-state index contributed by atoms with van der Waals surface area (Å²) in [5.41, 5.74) is 0.252. The third kappa shape index (κ3) is 2.24. The molecule has 0 bridgehead atoms. The highest BCUT2D eigenvalue weighted by atomic mass is 35.5. The van der Waals surface area contributed by atoms with Crippen LogP contribution in [-0.4, -0.2) is 25.3 Å². The number of hydrogen-bond donors (Lipinski definition) is 0. The summed E-state index contributed by atoms with van der Waals surface area (Å²) in [6.45, 7) is 0. The van der Waals surface area contributed by atoms with Crippen LogP contribution in [0.5, 0.6) is 0 Å². The molecule has 0 aromatic heterocycles. The molecule has 0 saturated carbocycles. The summed E-state index contributed by atoms with van der Waals surface area (Å²) in [6.07, 6.45) is 0.420. The van der Waals surface area contributed by atoms with Crippen LogP contribution in [0, 0.1) is 10.1 Å². The molecule has 0 fully saturated rings. The highest BCUT2D eigenvalue weighted by Gasteiger charge is 2.17. The summed E-state index contributed by atoms with van der Waals surface area (Å²) in [7, 11) is 3.43. The summed E-state index contributed by atoms with van der Waals surface area (Å²) < 4.78 is 0. The Morgan fingerprint density at radius 1 is 1.47 bits per heavy atom. The molecule has 0 atom stereocenters. The van der Waals surface area contributed by atoms with E-state index in [1.54, 1.807) is 19.0 Å². The van der Waals surface area contributed by atoms with E-state index in [1.807, 2.05) is 0 Å². The molecular formula is C9H9ClN2O3. The van der Waals surface area contributed by atoms with Crippen molar-refractivity contribution in [1.29, 1.82) is 0 Å². The van der Waals surface area contributed by atoms with E-state index in [4.69, 9.17) is 11.6 Å². The summed E-state index contributed by atoms with van der Waals surface area (Å²) >= 11 is 5.86. The normalized spacial score (nSPS) is 9.80. The number of carbonyl (C=O) groups is 1. The Bertz CT molecular complexity index is 418. The Hall–Kier alpha value is -1.62. The lowest BCUT2D eigenvalue weighted by atomic mass is 10.1. The SMILES string of the molecule is CN(C)c1cc([N+](=O)[O-])c(C=O)cc1Cl. The number of hydrogen-bond acceptors (Lipinski definition) is 4. The van der Waals surface area contributed by atoms with E-state index in [0.29, 0.717) is 17.0 Å². The van der Waals surface area contributed by atoms with Gasteiger partial charge in [-0.1, -0.05) is 11.6 Å². The number of aldehydes is 1. The number of carbonyl (C=O) groups excluding carboxylic acids is 1. The molecule has 0 aliphatic heterocycles. The van der Waals surface area contributed by atoms with Gasteiger partial charge in [0.05, 0.1) is 21.2 Å². The second kappa shape index (κ2) is 4.27. The third-order valence-electron chi connectivity index (χ3n) is 1.90. The molecular weight excluding hydrogens is 220 g/mol. The number of rotatable bonds is 3. The maximum atomic E-state index is 10.7. The molecule has 0 N–H and O–H groups in total. The lowest BCUT2D eigenvalue weighted by Gasteiger charge is -2.14. The van der Waals surface area contributed by atoms with Gasteiger partial charge >= 0.3 is 0 Å². The molecule has 0 unspecified atom stereocenters. The number of benzene rings is 1. The molecule has 1 rings (SSSR count). The van der Waals surface area contributed by atoms with Gasteiger partial charge in [0.25, 0.3) is 5.69 Å². The van der Waals surface area contributed by atoms with E-state index in [0.717, 1.165) is 0 Å². The second-order valence-corrected chi connectivity index (χ2v) is 3.54. The molecule has 0 spiro atoms.